The fourth-order valence-corrected chi connectivity index (χ4v) is 4.06. The molecule has 112 valence electrons. The van der Waals surface area contributed by atoms with Gasteiger partial charge in [-0.25, -0.2) is 0 Å². The minimum atomic E-state index is -4.33. The zero-order valence-electron chi connectivity index (χ0n) is 11.2. The van der Waals surface area contributed by atoms with Crippen molar-refractivity contribution in [2.24, 2.45) is 0 Å². The number of halogens is 4. The van der Waals surface area contributed by atoms with Crippen LogP contribution < -0.4 is 5.32 Å². The molecule has 1 atom stereocenters. The highest BCUT2D eigenvalue weighted by Crippen LogP contribution is 2.41. The monoisotopic (exact) mass is 331 g/mol. The SMILES string of the molecule is Cc1ccc(NC2CCc3sc(Cl)cc32)cc1C(F)(F)F. The summed E-state index contributed by atoms with van der Waals surface area (Å²) < 4.78 is 39.6. The molecule has 1 heterocycles. The van der Waals surface area contributed by atoms with Gasteiger partial charge in [0.2, 0.25) is 0 Å². The lowest BCUT2D eigenvalue weighted by Gasteiger charge is -2.17. The number of thiophene rings is 1. The van der Waals surface area contributed by atoms with Crippen LogP contribution in [0.25, 0.3) is 0 Å². The Morgan fingerprint density at radius 2 is 2.05 bits per heavy atom. The lowest BCUT2D eigenvalue weighted by atomic mass is 10.1. The molecular formula is C15H13ClF3NS. The van der Waals surface area contributed by atoms with E-state index in [-0.39, 0.29) is 11.6 Å². The van der Waals surface area contributed by atoms with Crippen molar-refractivity contribution in [3.63, 3.8) is 0 Å². The summed E-state index contributed by atoms with van der Waals surface area (Å²) in [6.45, 7) is 1.47. The molecule has 21 heavy (non-hydrogen) atoms. The van der Waals surface area contributed by atoms with Crippen LogP contribution in [0.3, 0.4) is 0 Å². The van der Waals surface area contributed by atoms with E-state index in [0.29, 0.717) is 5.69 Å². The molecule has 1 unspecified atom stereocenters. The predicted molar refractivity (Wildman–Crippen MR) is 80.2 cm³/mol. The highest BCUT2D eigenvalue weighted by atomic mass is 35.5. The average Bonchev–Trinajstić information content (AvgIpc) is 2.91. The largest absolute Gasteiger partial charge is 0.416 e. The molecule has 0 spiro atoms. The van der Waals surface area contributed by atoms with Gasteiger partial charge in [0.05, 0.1) is 15.9 Å². The minimum absolute atomic E-state index is 0.0348. The molecule has 0 saturated carbocycles. The van der Waals surface area contributed by atoms with E-state index in [4.69, 9.17) is 11.6 Å². The lowest BCUT2D eigenvalue weighted by Crippen LogP contribution is -2.11. The molecule has 1 nitrogen and oxygen atoms in total. The molecule has 6 heteroatoms. The molecule has 0 radical (unpaired) electrons. The van der Waals surface area contributed by atoms with Gasteiger partial charge in [-0.05, 0) is 49.1 Å². The zero-order chi connectivity index (χ0) is 15.2. The number of aryl methyl sites for hydroxylation is 2. The molecule has 0 amide bonds. The molecule has 0 aliphatic heterocycles. The second-order valence-electron chi connectivity index (χ2n) is 5.19. The molecule has 0 saturated heterocycles. The molecule has 3 rings (SSSR count). The van der Waals surface area contributed by atoms with E-state index in [1.54, 1.807) is 17.4 Å². The Hall–Kier alpha value is -1.20. The normalized spacial score (nSPS) is 17.9. The van der Waals surface area contributed by atoms with Crippen molar-refractivity contribution in [3.05, 3.63) is 50.2 Å². The van der Waals surface area contributed by atoms with E-state index in [2.05, 4.69) is 5.32 Å². The fourth-order valence-electron chi connectivity index (χ4n) is 2.70. The molecule has 1 N–H and O–H groups in total. The number of anilines is 1. The summed E-state index contributed by atoms with van der Waals surface area (Å²) in [6, 6.07) is 6.32. The Bertz CT molecular complexity index is 678. The van der Waals surface area contributed by atoms with E-state index < -0.39 is 11.7 Å². The summed E-state index contributed by atoms with van der Waals surface area (Å²) in [7, 11) is 0. The summed E-state index contributed by atoms with van der Waals surface area (Å²) in [5.41, 5.74) is 1.25. The van der Waals surface area contributed by atoms with Gasteiger partial charge < -0.3 is 5.32 Å². The van der Waals surface area contributed by atoms with Crippen molar-refractivity contribution in [2.45, 2.75) is 32.0 Å². The highest BCUT2D eigenvalue weighted by molar-refractivity contribution is 7.16. The van der Waals surface area contributed by atoms with Crippen molar-refractivity contribution >= 4 is 28.6 Å². The van der Waals surface area contributed by atoms with Crippen LogP contribution in [0.2, 0.25) is 4.34 Å². The summed E-state index contributed by atoms with van der Waals surface area (Å²) >= 11 is 7.54. The average molecular weight is 332 g/mol. The Morgan fingerprint density at radius 3 is 2.76 bits per heavy atom. The van der Waals surface area contributed by atoms with Gasteiger partial charge in [-0.1, -0.05) is 17.7 Å². The first kappa shape index (κ1) is 14.7. The van der Waals surface area contributed by atoms with Gasteiger partial charge in [-0.3, -0.25) is 0 Å². The first-order valence-corrected chi connectivity index (χ1v) is 7.76. The second kappa shape index (κ2) is 5.21. The number of alkyl halides is 3. The molecule has 1 aliphatic carbocycles. The quantitative estimate of drug-likeness (QED) is 0.730. The Kier molecular flexibility index (Phi) is 3.66. The smallest absolute Gasteiger partial charge is 0.378 e. The van der Waals surface area contributed by atoms with Gasteiger partial charge in [-0.2, -0.15) is 13.2 Å². The number of hydrogen-bond donors (Lipinski definition) is 1. The molecule has 0 bridgehead atoms. The third-order valence-electron chi connectivity index (χ3n) is 3.73. The maximum Gasteiger partial charge on any atom is 0.416 e. The van der Waals surface area contributed by atoms with E-state index in [0.717, 1.165) is 22.7 Å². The highest BCUT2D eigenvalue weighted by Gasteiger charge is 2.33. The van der Waals surface area contributed by atoms with Crippen LogP contribution in [0.5, 0.6) is 0 Å². The number of hydrogen-bond acceptors (Lipinski definition) is 2. The van der Waals surface area contributed by atoms with E-state index in [9.17, 15) is 13.2 Å². The number of nitrogens with one attached hydrogen (secondary N) is 1. The maximum atomic E-state index is 12.9. The van der Waals surface area contributed by atoms with E-state index in [1.807, 2.05) is 6.07 Å². The summed E-state index contributed by atoms with van der Waals surface area (Å²) in [6.07, 6.45) is -2.52. The molecule has 0 fully saturated rings. The van der Waals surface area contributed by atoms with Gasteiger partial charge in [0.15, 0.2) is 0 Å². The first-order chi connectivity index (χ1) is 9.84. The molecular weight excluding hydrogens is 319 g/mol. The van der Waals surface area contributed by atoms with Gasteiger partial charge >= 0.3 is 6.18 Å². The van der Waals surface area contributed by atoms with Gasteiger partial charge in [-0.15, -0.1) is 11.3 Å². The maximum absolute atomic E-state index is 12.9. The molecule has 2 aromatic rings. The fraction of sp³-hybridized carbons (Fsp3) is 0.333. The third-order valence-corrected chi connectivity index (χ3v) is 5.07. The van der Waals surface area contributed by atoms with Crippen LogP contribution in [0.1, 0.15) is 34.0 Å². The standard InChI is InChI=1S/C15H13ClF3NS/c1-8-2-3-9(6-11(8)15(17,18)19)20-12-4-5-13-10(12)7-14(16)21-13/h2-3,6-7,12,20H,4-5H2,1H3. The van der Waals surface area contributed by atoms with E-state index >= 15 is 0 Å². The van der Waals surface area contributed by atoms with Gasteiger partial charge in [0.1, 0.15) is 0 Å². The number of fused-ring (bicyclic) bond motifs is 1. The van der Waals surface area contributed by atoms with Crippen LogP contribution in [0, 0.1) is 6.92 Å². The Labute approximate surface area is 129 Å². The number of rotatable bonds is 2. The van der Waals surface area contributed by atoms with Crippen LogP contribution in [-0.2, 0) is 12.6 Å². The summed E-state index contributed by atoms with van der Waals surface area (Å²) in [5, 5.41) is 3.20. The second-order valence-corrected chi connectivity index (χ2v) is 6.96. The molecule has 1 aromatic carbocycles. The van der Waals surface area contributed by atoms with Gasteiger partial charge in [0.25, 0.3) is 0 Å². The van der Waals surface area contributed by atoms with E-state index in [1.165, 1.54) is 23.9 Å². The third kappa shape index (κ3) is 2.90. The van der Waals surface area contributed by atoms with Crippen molar-refractivity contribution in [2.75, 3.05) is 5.32 Å². The topological polar surface area (TPSA) is 12.0 Å². The molecule has 1 aromatic heterocycles. The first-order valence-electron chi connectivity index (χ1n) is 6.57. The van der Waals surface area contributed by atoms with Gasteiger partial charge in [0, 0.05) is 10.6 Å². The van der Waals surface area contributed by atoms with Crippen molar-refractivity contribution in [3.8, 4) is 0 Å². The zero-order valence-corrected chi connectivity index (χ0v) is 12.8. The minimum Gasteiger partial charge on any atom is -0.378 e. The lowest BCUT2D eigenvalue weighted by molar-refractivity contribution is -0.138. The summed E-state index contributed by atoms with van der Waals surface area (Å²) in [4.78, 5) is 1.22. The van der Waals surface area contributed by atoms with Crippen molar-refractivity contribution in [1.29, 1.82) is 0 Å². The van der Waals surface area contributed by atoms with Crippen LogP contribution in [0.4, 0.5) is 18.9 Å². The predicted octanol–water partition coefficient (Wildman–Crippen LogP) is 5.83. The Balaban J connectivity index is 1.86. The van der Waals surface area contributed by atoms with Crippen LogP contribution >= 0.6 is 22.9 Å². The van der Waals surface area contributed by atoms with Crippen molar-refractivity contribution in [1.82, 2.24) is 0 Å². The van der Waals surface area contributed by atoms with Crippen molar-refractivity contribution < 1.29 is 13.2 Å². The van der Waals surface area contributed by atoms with Crippen LogP contribution in [0.15, 0.2) is 24.3 Å². The van der Waals surface area contributed by atoms with Crippen LogP contribution in [-0.4, -0.2) is 0 Å². The number of benzene rings is 1. The Morgan fingerprint density at radius 1 is 1.29 bits per heavy atom. The molecule has 1 aliphatic rings. The summed E-state index contributed by atoms with van der Waals surface area (Å²) in [5.74, 6) is 0.